The van der Waals surface area contributed by atoms with Crippen molar-refractivity contribution in [3.05, 3.63) is 186 Å². The van der Waals surface area contributed by atoms with Gasteiger partial charge >= 0.3 is 6.85 Å². The van der Waals surface area contributed by atoms with E-state index in [0.29, 0.717) is 0 Å². The van der Waals surface area contributed by atoms with E-state index in [-0.39, 0.29) is 33.9 Å². The van der Waals surface area contributed by atoms with Crippen LogP contribution in [0.4, 0.5) is 27.8 Å². The first-order chi connectivity index (χ1) is 35.8. The van der Waals surface area contributed by atoms with Gasteiger partial charge < -0.3 is 14.1 Å². The summed E-state index contributed by atoms with van der Waals surface area (Å²) in [7, 11) is 0. The Bertz CT molecular complexity index is 4010. The molecule has 2 aromatic heterocycles. The number of hydrogen-bond acceptors (Lipinski definition) is 4. The fourth-order valence-electron chi connectivity index (χ4n) is 13.9. The van der Waals surface area contributed by atoms with Gasteiger partial charge in [0.1, 0.15) is 11.2 Å². The third kappa shape index (κ3) is 6.91. The number of nitrogens with zero attached hydrogens (tertiary/aromatic N) is 2. The van der Waals surface area contributed by atoms with E-state index in [1.807, 2.05) is 11.3 Å². The largest absolute Gasteiger partial charge is 0.455 e. The van der Waals surface area contributed by atoms with Gasteiger partial charge in [-0.25, -0.2) is 0 Å². The normalized spacial score (nSPS) is 17.7. The van der Waals surface area contributed by atoms with Crippen molar-refractivity contribution in [3.63, 3.8) is 0 Å². The molecule has 8 aromatic carbocycles. The molecule has 0 spiro atoms. The van der Waals surface area contributed by atoms with Crippen LogP contribution in [0.5, 0.6) is 0 Å². The molecule has 0 N–H and O–H groups in total. The average Bonchev–Trinajstić information content (AvgIpc) is 3.98. The van der Waals surface area contributed by atoms with E-state index in [1.165, 1.54) is 123 Å². The van der Waals surface area contributed by atoms with E-state index in [4.69, 9.17) is 4.42 Å². The number of rotatable bonds is 4. The fourth-order valence-corrected chi connectivity index (χ4v) is 15.2. The Labute approximate surface area is 448 Å². The monoisotopic (exact) mass is 995 g/mol. The quantitative estimate of drug-likeness (QED) is 0.164. The highest BCUT2D eigenvalue weighted by molar-refractivity contribution is 7.26. The summed E-state index contributed by atoms with van der Waals surface area (Å²) in [6.45, 7) is 26.6. The van der Waals surface area contributed by atoms with Gasteiger partial charge in [0.15, 0.2) is 0 Å². The summed E-state index contributed by atoms with van der Waals surface area (Å²) in [6.07, 6.45) is 4.64. The molecular weight excluding hydrogens is 928 g/mol. The molecule has 0 saturated carbocycles. The Hall–Kier alpha value is -6.82. The zero-order chi connectivity index (χ0) is 51.7. The lowest BCUT2D eigenvalue weighted by Gasteiger charge is -2.46. The second-order valence-corrected chi connectivity index (χ2v) is 27.2. The summed E-state index contributed by atoms with van der Waals surface area (Å²) >= 11 is 1.99. The number of furan rings is 1. The molecule has 0 fully saturated rings. The lowest BCUT2D eigenvalue weighted by Crippen LogP contribution is -2.61. The molecule has 4 heterocycles. The van der Waals surface area contributed by atoms with Crippen LogP contribution in [0.15, 0.2) is 162 Å². The van der Waals surface area contributed by atoms with Gasteiger partial charge in [-0.15, -0.1) is 11.3 Å². The molecule has 0 atom stereocenters. The van der Waals surface area contributed by atoms with Crippen LogP contribution >= 0.6 is 11.3 Å². The van der Waals surface area contributed by atoms with Gasteiger partial charge in [-0.05, 0) is 168 Å². The summed E-state index contributed by atoms with van der Waals surface area (Å²) < 4.78 is 8.64. The van der Waals surface area contributed by atoms with E-state index in [0.717, 1.165) is 34.8 Å². The number of hydrogen-bond donors (Lipinski definition) is 0. The molecule has 2 aliphatic carbocycles. The minimum atomic E-state index is -0.198. The summed E-state index contributed by atoms with van der Waals surface area (Å²) in [4.78, 5) is 5.47. The van der Waals surface area contributed by atoms with E-state index in [9.17, 15) is 0 Å². The van der Waals surface area contributed by atoms with Crippen LogP contribution in [-0.4, -0.2) is 6.85 Å². The minimum Gasteiger partial charge on any atom is -0.455 e. The highest BCUT2D eigenvalue weighted by Gasteiger charge is 2.50. The van der Waals surface area contributed by atoms with Gasteiger partial charge in [0, 0.05) is 49.2 Å². The molecular formula is C70H67BN2OS. The van der Waals surface area contributed by atoms with E-state index >= 15 is 0 Å². The van der Waals surface area contributed by atoms with Crippen LogP contribution in [0.3, 0.4) is 0 Å². The first-order valence-corrected chi connectivity index (χ1v) is 28.3. The number of benzene rings is 8. The maximum absolute atomic E-state index is 7.29. The zero-order valence-corrected chi connectivity index (χ0v) is 46.4. The van der Waals surface area contributed by atoms with Crippen molar-refractivity contribution < 1.29 is 4.42 Å². The van der Waals surface area contributed by atoms with Gasteiger partial charge in [0.05, 0.1) is 10.7 Å². The number of anilines is 5. The average molecular weight is 995 g/mol. The van der Waals surface area contributed by atoms with Crippen molar-refractivity contribution in [3.8, 4) is 33.4 Å². The van der Waals surface area contributed by atoms with Crippen LogP contribution in [0.2, 0.25) is 0 Å². The fraction of sp³-hybridized carbons (Fsp3) is 0.286. The maximum atomic E-state index is 7.29. The molecule has 0 amide bonds. The smallest absolute Gasteiger partial charge is 0.334 e. The van der Waals surface area contributed by atoms with Crippen molar-refractivity contribution in [1.82, 2.24) is 0 Å². The molecule has 14 rings (SSSR count). The summed E-state index contributed by atoms with van der Waals surface area (Å²) in [6, 6.07) is 60.7. The summed E-state index contributed by atoms with van der Waals surface area (Å²) in [5.41, 5.74) is 24.0. The Balaban J connectivity index is 1.18. The van der Waals surface area contributed by atoms with Gasteiger partial charge in [-0.1, -0.05) is 179 Å². The number of fused-ring (bicyclic) bond motifs is 12. The van der Waals surface area contributed by atoms with E-state index in [1.54, 1.807) is 0 Å². The first kappa shape index (κ1) is 46.7. The molecule has 0 unspecified atom stereocenters. The Morgan fingerprint density at radius 2 is 1.11 bits per heavy atom. The third-order valence-corrected chi connectivity index (χ3v) is 19.7. The van der Waals surface area contributed by atoms with Crippen molar-refractivity contribution >= 4 is 88.9 Å². The number of thiophene rings is 1. The Morgan fingerprint density at radius 1 is 0.480 bits per heavy atom. The van der Waals surface area contributed by atoms with Gasteiger partial charge in [-0.2, -0.15) is 0 Å². The minimum absolute atomic E-state index is 0.0168. The van der Waals surface area contributed by atoms with Crippen LogP contribution in [0.1, 0.15) is 130 Å². The molecule has 0 radical (unpaired) electrons. The molecule has 0 saturated heterocycles. The Morgan fingerprint density at radius 3 is 1.80 bits per heavy atom. The van der Waals surface area contributed by atoms with Crippen molar-refractivity contribution in [2.45, 2.75) is 129 Å². The molecule has 10 aromatic rings. The standard InChI is InChI=1S/C70H67BN2OS/c1-66(2,3)45-27-31-56(49(37-45)43-22-16-13-17-23-43)72-58-40-50-47-24-18-19-25-59(47)74-64(50)61-48-29-26-44(42-20-14-12-15-21-42)36-57(48)73(46-28-30-52-53(38-46)68(6,7)33-32-67(52,4)5)71(63(58)61)62-51-39-54-55(41-60(51)75-65(62)72)70(10,11)35-34-69(54,8)9/h12-31,36-41H,32-35H2,1-11H3. The van der Waals surface area contributed by atoms with Crippen LogP contribution in [-0.2, 0) is 27.1 Å². The molecule has 75 heavy (non-hydrogen) atoms. The maximum Gasteiger partial charge on any atom is 0.334 e. The lowest BCUT2D eigenvalue weighted by atomic mass is 9.43. The molecule has 2 aliphatic heterocycles. The second-order valence-electron chi connectivity index (χ2n) is 26.2. The molecule has 4 aliphatic rings. The van der Waals surface area contributed by atoms with Crippen molar-refractivity contribution in [1.29, 1.82) is 0 Å². The highest BCUT2D eigenvalue weighted by Crippen LogP contribution is 2.57. The van der Waals surface area contributed by atoms with Gasteiger partial charge in [0.2, 0.25) is 0 Å². The van der Waals surface area contributed by atoms with E-state index in [2.05, 4.69) is 244 Å². The molecule has 0 bridgehead atoms. The molecule has 5 heteroatoms. The lowest BCUT2D eigenvalue weighted by molar-refractivity contribution is 0.332. The zero-order valence-electron chi connectivity index (χ0n) is 45.6. The predicted molar refractivity (Wildman–Crippen MR) is 323 cm³/mol. The number of para-hydroxylation sites is 1. The topological polar surface area (TPSA) is 19.6 Å². The summed E-state index contributed by atoms with van der Waals surface area (Å²) in [5, 5.41) is 4.92. The molecule has 3 nitrogen and oxygen atoms in total. The van der Waals surface area contributed by atoms with Crippen LogP contribution in [0.25, 0.3) is 65.4 Å². The Kier molecular flexibility index (Phi) is 9.88. The third-order valence-electron chi connectivity index (χ3n) is 18.6. The second kappa shape index (κ2) is 15.9. The van der Waals surface area contributed by atoms with E-state index < -0.39 is 0 Å². The van der Waals surface area contributed by atoms with Crippen molar-refractivity contribution in [2.75, 3.05) is 9.71 Å². The summed E-state index contributed by atoms with van der Waals surface area (Å²) in [5.74, 6) is 0. The predicted octanol–water partition coefficient (Wildman–Crippen LogP) is 18.8. The van der Waals surface area contributed by atoms with Crippen LogP contribution < -0.4 is 20.6 Å². The van der Waals surface area contributed by atoms with Gasteiger partial charge in [0.25, 0.3) is 0 Å². The highest BCUT2D eigenvalue weighted by atomic mass is 32.1. The first-order valence-electron chi connectivity index (χ1n) is 27.5. The SMILES string of the molecule is CC(C)(C)c1ccc(N2c3cc4c(oc5ccccc54)c4c3B(c3c2sc2cc5c(cc32)C(C)(C)CCC5(C)C)N(c2ccc3c(c2)C(C)(C)CCC3(C)C)c2cc(-c3ccccc3)ccc2-4)c(-c2ccccc2)c1. The molecule has 372 valence electrons. The van der Waals surface area contributed by atoms with Gasteiger partial charge in [-0.3, -0.25) is 0 Å². The van der Waals surface area contributed by atoms with Crippen LogP contribution in [0, 0.1) is 0 Å². The van der Waals surface area contributed by atoms with Crippen molar-refractivity contribution in [2.24, 2.45) is 0 Å².